The highest BCUT2D eigenvalue weighted by Gasteiger charge is 2.46. The number of aromatic nitrogens is 1. The van der Waals surface area contributed by atoms with Crippen LogP contribution < -0.4 is 11.1 Å². The molecule has 2 aromatic rings. The number of anilines is 2. The molecule has 3 N–H and O–H groups in total. The molecule has 1 saturated carbocycles. The molecule has 2 atom stereocenters. The number of likely N-dealkylation sites (tertiary alicyclic amines) is 2. The van der Waals surface area contributed by atoms with Gasteiger partial charge in [-0.05, 0) is 61.1 Å². The number of pyridine rings is 1. The van der Waals surface area contributed by atoms with Crippen molar-refractivity contribution in [1.82, 2.24) is 14.8 Å². The van der Waals surface area contributed by atoms with E-state index in [0.717, 1.165) is 18.4 Å². The minimum atomic E-state index is -0.670. The van der Waals surface area contributed by atoms with Crippen molar-refractivity contribution >= 4 is 17.5 Å². The summed E-state index contributed by atoms with van der Waals surface area (Å²) in [6.07, 6.45) is 1.39. The average molecular weight is 413 g/mol. The maximum absolute atomic E-state index is 13.2. The van der Waals surface area contributed by atoms with Crippen molar-refractivity contribution in [2.75, 3.05) is 37.2 Å². The normalized spacial score (nSPS) is 26.5. The van der Waals surface area contributed by atoms with Gasteiger partial charge < -0.3 is 10.6 Å². The molecular formula is C22H25F2N5O. The lowest BCUT2D eigenvalue weighted by molar-refractivity contribution is 0.0261. The van der Waals surface area contributed by atoms with Crippen LogP contribution in [0.4, 0.5) is 25.1 Å². The maximum atomic E-state index is 13.2. The zero-order valence-electron chi connectivity index (χ0n) is 16.6. The van der Waals surface area contributed by atoms with E-state index >= 15 is 0 Å². The molecule has 3 aliphatic rings. The quantitative estimate of drug-likeness (QED) is 0.809. The van der Waals surface area contributed by atoms with E-state index in [1.807, 2.05) is 4.90 Å². The molecule has 0 spiro atoms. The minimum absolute atomic E-state index is 0.204. The average Bonchev–Trinajstić information content (AvgIpc) is 3.27. The summed E-state index contributed by atoms with van der Waals surface area (Å²) in [7, 11) is 0. The summed E-state index contributed by atoms with van der Waals surface area (Å²) in [6.45, 7) is 2.53. The number of urea groups is 1. The molecule has 1 aromatic heterocycles. The Balaban J connectivity index is 1.22. The molecule has 2 amide bonds. The standard InChI is InChI=1S/C22H25F2N5O/c23-16-3-1-13(2-4-16)20-6-5-19(25)21(26-20)27-22(30)29-9-14-7-18(8-15(14)10-29)28-11-17(24)12-28/h1-6,14-15,17-18H,7-12,25H2,(H,26,27,30). The van der Waals surface area contributed by atoms with E-state index in [1.165, 1.54) is 12.1 Å². The summed E-state index contributed by atoms with van der Waals surface area (Å²) < 4.78 is 26.3. The van der Waals surface area contributed by atoms with Crippen molar-refractivity contribution in [2.24, 2.45) is 11.8 Å². The lowest BCUT2D eigenvalue weighted by Gasteiger charge is -2.39. The Morgan fingerprint density at radius 2 is 1.70 bits per heavy atom. The molecule has 30 heavy (non-hydrogen) atoms. The van der Waals surface area contributed by atoms with Gasteiger partial charge in [0.05, 0.1) is 11.4 Å². The van der Waals surface area contributed by atoms with E-state index in [1.54, 1.807) is 24.3 Å². The highest BCUT2D eigenvalue weighted by atomic mass is 19.1. The van der Waals surface area contributed by atoms with Gasteiger partial charge in [-0.15, -0.1) is 0 Å². The van der Waals surface area contributed by atoms with Gasteiger partial charge in [-0.1, -0.05) is 0 Å². The maximum Gasteiger partial charge on any atom is 0.323 e. The predicted octanol–water partition coefficient (Wildman–Crippen LogP) is 3.37. The Hall–Kier alpha value is -2.74. The van der Waals surface area contributed by atoms with Crippen LogP contribution in [-0.2, 0) is 0 Å². The zero-order chi connectivity index (χ0) is 20.8. The van der Waals surface area contributed by atoms with E-state index in [-0.39, 0.29) is 11.8 Å². The summed E-state index contributed by atoms with van der Waals surface area (Å²) in [5, 5.41) is 2.84. The van der Waals surface area contributed by atoms with Crippen molar-refractivity contribution in [3.8, 4) is 11.3 Å². The van der Waals surface area contributed by atoms with Crippen molar-refractivity contribution in [3.05, 3.63) is 42.2 Å². The number of nitrogen functional groups attached to an aromatic ring is 1. The predicted molar refractivity (Wildman–Crippen MR) is 111 cm³/mol. The second-order valence-corrected chi connectivity index (χ2v) is 8.67. The molecule has 8 heteroatoms. The third-order valence-corrected chi connectivity index (χ3v) is 6.69. The number of nitrogens with one attached hydrogen (secondary N) is 1. The number of benzene rings is 1. The van der Waals surface area contributed by atoms with E-state index in [2.05, 4.69) is 15.2 Å². The fourth-order valence-electron chi connectivity index (χ4n) is 5.02. The number of fused-ring (bicyclic) bond motifs is 1. The lowest BCUT2D eigenvalue weighted by atomic mass is 10.0. The van der Waals surface area contributed by atoms with E-state index in [9.17, 15) is 13.6 Å². The Kier molecular flexibility index (Phi) is 4.81. The van der Waals surface area contributed by atoms with Crippen molar-refractivity contribution in [2.45, 2.75) is 25.1 Å². The summed E-state index contributed by atoms with van der Waals surface area (Å²) in [6, 6.07) is 9.71. The molecule has 0 bridgehead atoms. The van der Waals surface area contributed by atoms with E-state index < -0.39 is 6.17 Å². The summed E-state index contributed by atoms with van der Waals surface area (Å²) in [5.74, 6) is 0.931. The molecule has 2 aliphatic heterocycles. The first-order chi connectivity index (χ1) is 14.5. The topological polar surface area (TPSA) is 74.5 Å². The molecule has 3 fully saturated rings. The van der Waals surface area contributed by atoms with Gasteiger partial charge in [-0.3, -0.25) is 10.2 Å². The summed E-state index contributed by atoms with van der Waals surface area (Å²) in [4.78, 5) is 21.4. The summed E-state index contributed by atoms with van der Waals surface area (Å²) in [5.41, 5.74) is 7.76. The number of halogens is 2. The molecule has 158 valence electrons. The molecule has 3 heterocycles. The first kappa shape index (κ1) is 19.2. The van der Waals surface area contributed by atoms with Crippen molar-refractivity contribution < 1.29 is 13.6 Å². The number of nitrogens with two attached hydrogens (primary N) is 1. The van der Waals surface area contributed by atoms with Crippen molar-refractivity contribution in [3.63, 3.8) is 0 Å². The molecular weight excluding hydrogens is 388 g/mol. The third-order valence-electron chi connectivity index (χ3n) is 6.69. The van der Waals surface area contributed by atoms with Gasteiger partial charge in [-0.25, -0.2) is 18.6 Å². The van der Waals surface area contributed by atoms with Crippen molar-refractivity contribution in [1.29, 1.82) is 0 Å². The third kappa shape index (κ3) is 3.60. The van der Waals surface area contributed by atoms with Crippen LogP contribution in [-0.4, -0.2) is 59.2 Å². The van der Waals surface area contributed by atoms with Crippen LogP contribution in [0.25, 0.3) is 11.3 Å². The monoisotopic (exact) mass is 413 g/mol. The SMILES string of the molecule is Nc1ccc(-c2ccc(F)cc2)nc1NC(=O)N1CC2CC(N3CC(F)C3)CC2C1. The van der Waals surface area contributed by atoms with Gasteiger partial charge >= 0.3 is 6.03 Å². The Bertz CT molecular complexity index is 933. The number of carbonyl (C=O) groups excluding carboxylic acids is 1. The number of hydrogen-bond acceptors (Lipinski definition) is 4. The molecule has 1 aromatic carbocycles. The van der Waals surface area contributed by atoms with Crippen LogP contribution in [0, 0.1) is 17.7 Å². The number of rotatable bonds is 3. The smallest absolute Gasteiger partial charge is 0.323 e. The van der Waals surface area contributed by atoms with Crippen LogP contribution in [0.15, 0.2) is 36.4 Å². The van der Waals surface area contributed by atoms with Gasteiger partial charge in [-0.2, -0.15) is 0 Å². The van der Waals surface area contributed by atoms with Crippen LogP contribution >= 0.6 is 0 Å². The zero-order valence-corrected chi connectivity index (χ0v) is 16.6. The van der Waals surface area contributed by atoms with Crippen LogP contribution in [0.2, 0.25) is 0 Å². The fraction of sp³-hybridized carbons (Fsp3) is 0.455. The molecule has 2 unspecified atom stereocenters. The van der Waals surface area contributed by atoms with Gasteiger partial charge in [0.2, 0.25) is 0 Å². The van der Waals surface area contributed by atoms with Crippen LogP contribution in [0.1, 0.15) is 12.8 Å². The Labute approximate surface area is 174 Å². The Morgan fingerprint density at radius 1 is 1.03 bits per heavy atom. The summed E-state index contributed by atoms with van der Waals surface area (Å²) >= 11 is 0. The largest absolute Gasteiger partial charge is 0.396 e. The van der Waals surface area contributed by atoms with Gasteiger partial charge in [0, 0.05) is 37.8 Å². The molecule has 5 rings (SSSR count). The Morgan fingerprint density at radius 3 is 2.33 bits per heavy atom. The van der Waals surface area contributed by atoms with E-state index in [4.69, 9.17) is 5.73 Å². The highest BCUT2D eigenvalue weighted by Crippen LogP contribution is 2.41. The molecule has 6 nitrogen and oxygen atoms in total. The second-order valence-electron chi connectivity index (χ2n) is 8.67. The second kappa shape index (κ2) is 7.50. The number of nitrogens with zero attached hydrogens (tertiary/aromatic N) is 3. The van der Waals surface area contributed by atoms with Gasteiger partial charge in [0.15, 0.2) is 5.82 Å². The number of amides is 2. The highest BCUT2D eigenvalue weighted by molar-refractivity contribution is 5.92. The lowest BCUT2D eigenvalue weighted by Crippen LogP contribution is -2.53. The fourth-order valence-corrected chi connectivity index (χ4v) is 5.02. The molecule has 0 radical (unpaired) electrons. The van der Waals surface area contributed by atoms with Gasteiger partial charge in [0.25, 0.3) is 0 Å². The van der Waals surface area contributed by atoms with Gasteiger partial charge in [0.1, 0.15) is 12.0 Å². The first-order valence-corrected chi connectivity index (χ1v) is 10.4. The van der Waals surface area contributed by atoms with E-state index in [0.29, 0.717) is 61.3 Å². The number of hydrogen-bond donors (Lipinski definition) is 2. The van der Waals surface area contributed by atoms with Crippen LogP contribution in [0.3, 0.4) is 0 Å². The number of carbonyl (C=O) groups is 1. The minimum Gasteiger partial charge on any atom is -0.396 e. The first-order valence-electron chi connectivity index (χ1n) is 10.4. The molecule has 1 aliphatic carbocycles. The van der Waals surface area contributed by atoms with Crippen LogP contribution in [0.5, 0.6) is 0 Å². The molecule has 2 saturated heterocycles. The number of alkyl halides is 1.